The molecule has 162 valence electrons. The van der Waals surface area contributed by atoms with Crippen molar-refractivity contribution in [2.24, 2.45) is 0 Å². The zero-order chi connectivity index (χ0) is 21.5. The molecule has 0 radical (unpaired) electrons. The van der Waals surface area contributed by atoms with Crippen LogP contribution in [0.25, 0.3) is 0 Å². The second kappa shape index (κ2) is 7.72. The molecule has 0 saturated heterocycles. The van der Waals surface area contributed by atoms with E-state index in [0.717, 1.165) is 45.4 Å². The lowest BCUT2D eigenvalue weighted by molar-refractivity contribution is -0.258. The van der Waals surface area contributed by atoms with E-state index in [0.29, 0.717) is 11.6 Å². The highest BCUT2D eigenvalue weighted by atomic mass is 19.4. The molecule has 0 bridgehead atoms. The van der Waals surface area contributed by atoms with Gasteiger partial charge >= 0.3 is 6.18 Å². The first kappa shape index (κ1) is 20.9. The molecule has 1 amide bonds. The number of benzene rings is 1. The molecule has 1 atom stereocenters. The average Bonchev–Trinajstić information content (AvgIpc) is 3.39. The van der Waals surface area contributed by atoms with Crippen molar-refractivity contribution in [1.29, 1.82) is 0 Å². The minimum absolute atomic E-state index is 0.137. The van der Waals surface area contributed by atoms with Crippen molar-refractivity contribution in [3.05, 3.63) is 54.1 Å². The normalized spacial score (nSPS) is 24.3. The van der Waals surface area contributed by atoms with E-state index in [4.69, 9.17) is 0 Å². The summed E-state index contributed by atoms with van der Waals surface area (Å²) in [7, 11) is 0. The van der Waals surface area contributed by atoms with Crippen molar-refractivity contribution in [3.8, 4) is 0 Å². The van der Waals surface area contributed by atoms with Crippen molar-refractivity contribution in [3.63, 3.8) is 0 Å². The van der Waals surface area contributed by atoms with Gasteiger partial charge in [-0.1, -0.05) is 12.1 Å². The predicted molar refractivity (Wildman–Crippen MR) is 105 cm³/mol. The van der Waals surface area contributed by atoms with Crippen LogP contribution in [-0.2, 0) is 5.60 Å². The largest absolute Gasteiger partial charge is 0.421 e. The highest BCUT2D eigenvalue weighted by molar-refractivity contribution is 5.95. The molecule has 2 saturated carbocycles. The van der Waals surface area contributed by atoms with Crippen molar-refractivity contribution in [2.45, 2.75) is 75.4 Å². The number of imidazole rings is 1. The van der Waals surface area contributed by atoms with Gasteiger partial charge in [-0.25, -0.2) is 4.98 Å². The molecule has 4 rings (SSSR count). The predicted octanol–water partition coefficient (Wildman–Crippen LogP) is 4.44. The van der Waals surface area contributed by atoms with Crippen LogP contribution in [0.2, 0.25) is 0 Å². The standard InChI is InChI=1S/C22H26F3N3O2/c1-21(30,22(23,24)25)16-4-2-15(3-5-16)20(29)28(19-10-11-19)18-8-6-17(7-9-18)27-13-12-26-14-27/h2-5,12-14,17-19,30H,6-11H2,1H3/t17-,18+,21-/m0/s1. The number of carbonyl (C=O) groups is 1. The Morgan fingerprint density at radius 1 is 1.07 bits per heavy atom. The molecular weight excluding hydrogens is 395 g/mol. The topological polar surface area (TPSA) is 58.4 Å². The summed E-state index contributed by atoms with van der Waals surface area (Å²) in [5.41, 5.74) is -2.86. The Labute approximate surface area is 173 Å². The van der Waals surface area contributed by atoms with Gasteiger partial charge in [-0.05, 0) is 63.1 Å². The first-order valence-corrected chi connectivity index (χ1v) is 10.4. The van der Waals surface area contributed by atoms with Gasteiger partial charge in [0.15, 0.2) is 5.60 Å². The molecule has 2 fully saturated rings. The second-order valence-electron chi connectivity index (χ2n) is 8.56. The summed E-state index contributed by atoms with van der Waals surface area (Å²) in [6, 6.07) is 5.93. The lowest BCUT2D eigenvalue weighted by Crippen LogP contribution is -2.44. The summed E-state index contributed by atoms with van der Waals surface area (Å²) in [5, 5.41) is 9.84. The fourth-order valence-corrected chi connectivity index (χ4v) is 4.35. The molecule has 1 aromatic carbocycles. The molecule has 1 heterocycles. The molecule has 0 unspecified atom stereocenters. The Kier molecular flexibility index (Phi) is 5.38. The van der Waals surface area contributed by atoms with E-state index in [1.807, 2.05) is 17.4 Å². The second-order valence-corrected chi connectivity index (χ2v) is 8.56. The van der Waals surface area contributed by atoms with E-state index >= 15 is 0 Å². The average molecular weight is 421 g/mol. The molecule has 5 nitrogen and oxygen atoms in total. The summed E-state index contributed by atoms with van der Waals surface area (Å²) in [6.45, 7) is 0.721. The van der Waals surface area contributed by atoms with E-state index in [2.05, 4.69) is 9.55 Å². The maximum absolute atomic E-state index is 13.2. The van der Waals surface area contributed by atoms with Gasteiger partial charge < -0.3 is 14.6 Å². The molecule has 0 aliphatic heterocycles. The Morgan fingerprint density at radius 2 is 1.63 bits per heavy atom. The number of halogens is 3. The third kappa shape index (κ3) is 3.97. The third-order valence-electron chi connectivity index (χ3n) is 6.43. The van der Waals surface area contributed by atoms with Gasteiger partial charge in [0, 0.05) is 36.1 Å². The fourth-order valence-electron chi connectivity index (χ4n) is 4.35. The lowest BCUT2D eigenvalue weighted by Gasteiger charge is -2.37. The summed E-state index contributed by atoms with van der Waals surface area (Å²) in [6.07, 6.45) is 6.42. The minimum atomic E-state index is -4.79. The molecule has 2 aromatic rings. The van der Waals surface area contributed by atoms with Crippen molar-refractivity contribution in [2.75, 3.05) is 0 Å². The number of rotatable bonds is 5. The molecule has 0 spiro atoms. The maximum Gasteiger partial charge on any atom is 0.421 e. The van der Waals surface area contributed by atoms with Crippen molar-refractivity contribution < 1.29 is 23.1 Å². The number of alkyl halides is 3. The number of carbonyl (C=O) groups excluding carboxylic acids is 1. The minimum Gasteiger partial charge on any atom is -0.376 e. The van der Waals surface area contributed by atoms with Crippen LogP contribution in [0.3, 0.4) is 0 Å². The summed E-state index contributed by atoms with van der Waals surface area (Å²) < 4.78 is 41.3. The maximum atomic E-state index is 13.2. The van der Waals surface area contributed by atoms with Gasteiger partial charge in [0.1, 0.15) is 0 Å². The number of hydrogen-bond donors (Lipinski definition) is 1. The van der Waals surface area contributed by atoms with Crippen LogP contribution in [-0.4, -0.2) is 43.7 Å². The quantitative estimate of drug-likeness (QED) is 0.777. The van der Waals surface area contributed by atoms with Crippen LogP contribution in [0.15, 0.2) is 43.0 Å². The Morgan fingerprint density at radius 3 is 2.10 bits per heavy atom. The highest BCUT2D eigenvalue weighted by Crippen LogP contribution is 2.40. The summed E-state index contributed by atoms with van der Waals surface area (Å²) in [5.74, 6) is -0.137. The Bertz CT molecular complexity index is 866. The monoisotopic (exact) mass is 421 g/mol. The SMILES string of the molecule is C[C@](O)(c1ccc(C(=O)N(C2CC2)[C@H]2CC[C@@H](n3ccnc3)CC2)cc1)C(F)(F)F. The zero-order valence-electron chi connectivity index (χ0n) is 16.8. The number of aliphatic hydroxyl groups is 1. The van der Waals surface area contributed by atoms with E-state index in [9.17, 15) is 23.1 Å². The van der Waals surface area contributed by atoms with Gasteiger partial charge in [0.2, 0.25) is 0 Å². The van der Waals surface area contributed by atoms with Crippen LogP contribution < -0.4 is 0 Å². The lowest BCUT2D eigenvalue weighted by atomic mass is 9.89. The van der Waals surface area contributed by atoms with E-state index in [1.54, 1.807) is 6.20 Å². The molecular formula is C22H26F3N3O2. The van der Waals surface area contributed by atoms with Crippen LogP contribution in [0.5, 0.6) is 0 Å². The van der Waals surface area contributed by atoms with Gasteiger partial charge in [0.25, 0.3) is 5.91 Å². The first-order chi connectivity index (χ1) is 14.2. The van der Waals surface area contributed by atoms with Gasteiger partial charge in [0.05, 0.1) is 6.33 Å². The zero-order valence-corrected chi connectivity index (χ0v) is 16.8. The van der Waals surface area contributed by atoms with Crippen LogP contribution >= 0.6 is 0 Å². The van der Waals surface area contributed by atoms with Crippen LogP contribution in [0.4, 0.5) is 13.2 Å². The van der Waals surface area contributed by atoms with Crippen LogP contribution in [0.1, 0.15) is 67.4 Å². The van der Waals surface area contributed by atoms with Crippen LogP contribution in [0, 0.1) is 0 Å². The molecule has 30 heavy (non-hydrogen) atoms. The Hall–Kier alpha value is -2.35. The van der Waals surface area contributed by atoms with Gasteiger partial charge in [-0.15, -0.1) is 0 Å². The van der Waals surface area contributed by atoms with Gasteiger partial charge in [-0.3, -0.25) is 4.79 Å². The Balaban J connectivity index is 1.47. The number of aromatic nitrogens is 2. The number of hydrogen-bond acceptors (Lipinski definition) is 3. The number of amides is 1. The fraction of sp³-hybridized carbons (Fsp3) is 0.545. The summed E-state index contributed by atoms with van der Waals surface area (Å²) in [4.78, 5) is 19.3. The molecule has 1 N–H and O–H groups in total. The molecule has 2 aliphatic carbocycles. The highest BCUT2D eigenvalue weighted by Gasteiger charge is 2.51. The molecule has 8 heteroatoms. The van der Waals surface area contributed by atoms with Gasteiger partial charge in [-0.2, -0.15) is 13.2 Å². The summed E-state index contributed by atoms with van der Waals surface area (Å²) >= 11 is 0. The first-order valence-electron chi connectivity index (χ1n) is 10.4. The number of nitrogens with zero attached hydrogens (tertiary/aromatic N) is 3. The van der Waals surface area contributed by atoms with E-state index < -0.39 is 11.8 Å². The third-order valence-corrected chi connectivity index (χ3v) is 6.43. The smallest absolute Gasteiger partial charge is 0.376 e. The molecule has 1 aromatic heterocycles. The molecule has 2 aliphatic rings. The van der Waals surface area contributed by atoms with Crippen molar-refractivity contribution >= 4 is 5.91 Å². The van der Waals surface area contributed by atoms with E-state index in [1.165, 1.54) is 24.3 Å². The van der Waals surface area contributed by atoms with Crippen molar-refractivity contribution in [1.82, 2.24) is 14.5 Å². The van der Waals surface area contributed by atoms with E-state index in [-0.39, 0.29) is 23.6 Å².